The van der Waals surface area contributed by atoms with Crippen molar-refractivity contribution >= 4 is 27.3 Å². The van der Waals surface area contributed by atoms with Gasteiger partial charge in [-0.3, -0.25) is 0 Å². The van der Waals surface area contributed by atoms with Crippen molar-refractivity contribution in [2.45, 2.75) is 12.8 Å². The molecule has 3 N–H and O–H groups in total. The molecule has 0 aliphatic carbocycles. The Morgan fingerprint density at radius 1 is 1.50 bits per heavy atom. The average Bonchev–Trinajstić information content (AvgIpc) is 2.29. The van der Waals surface area contributed by atoms with Crippen LogP contribution in [0.3, 0.4) is 0 Å². The Morgan fingerprint density at radius 2 is 2.38 bits per heavy atom. The van der Waals surface area contributed by atoms with Crippen molar-refractivity contribution in [3.63, 3.8) is 0 Å². The van der Waals surface area contributed by atoms with Crippen LogP contribution in [0.5, 0.6) is 0 Å². The third-order valence-electron chi connectivity index (χ3n) is 2.83. The van der Waals surface area contributed by atoms with Crippen LogP contribution in [0.1, 0.15) is 12.8 Å². The molecular weight excluding hydrogens is 268 g/mol. The molecule has 1 atom stereocenters. The standard InChI is InChI=1S/C12H17BrN2O/c13-11-6-10(14)3-4-12(11)15-7-9-2-1-5-16-8-9/h3-4,6,9,15H,1-2,5,7-8,14H2. The molecule has 0 aromatic heterocycles. The van der Waals surface area contributed by atoms with E-state index >= 15 is 0 Å². The molecule has 0 radical (unpaired) electrons. The summed E-state index contributed by atoms with van der Waals surface area (Å²) in [5.74, 6) is 0.623. The van der Waals surface area contributed by atoms with Gasteiger partial charge in [-0.05, 0) is 52.9 Å². The fourth-order valence-electron chi connectivity index (χ4n) is 1.90. The lowest BCUT2D eigenvalue weighted by Crippen LogP contribution is -2.24. The van der Waals surface area contributed by atoms with Gasteiger partial charge in [0.05, 0.1) is 6.61 Å². The number of hydrogen-bond donors (Lipinski definition) is 2. The molecule has 1 fully saturated rings. The molecular formula is C12H17BrN2O. The van der Waals surface area contributed by atoms with Crippen LogP contribution < -0.4 is 11.1 Å². The van der Waals surface area contributed by atoms with Crippen LogP contribution in [0.25, 0.3) is 0 Å². The lowest BCUT2D eigenvalue weighted by molar-refractivity contribution is 0.0595. The van der Waals surface area contributed by atoms with Gasteiger partial charge in [0.1, 0.15) is 0 Å². The summed E-state index contributed by atoms with van der Waals surface area (Å²) in [7, 11) is 0. The van der Waals surface area contributed by atoms with Crippen molar-refractivity contribution in [2.24, 2.45) is 5.92 Å². The molecule has 4 heteroatoms. The van der Waals surface area contributed by atoms with E-state index in [2.05, 4.69) is 21.2 Å². The minimum absolute atomic E-state index is 0.623. The smallest absolute Gasteiger partial charge is 0.0511 e. The second-order valence-corrected chi connectivity index (χ2v) is 5.06. The van der Waals surface area contributed by atoms with E-state index in [-0.39, 0.29) is 0 Å². The minimum atomic E-state index is 0.623. The van der Waals surface area contributed by atoms with Crippen molar-refractivity contribution in [1.82, 2.24) is 0 Å². The number of ether oxygens (including phenoxy) is 1. The van der Waals surface area contributed by atoms with Crippen LogP contribution in [-0.2, 0) is 4.74 Å². The SMILES string of the molecule is Nc1ccc(NCC2CCCOC2)c(Br)c1. The Hall–Kier alpha value is -0.740. The van der Waals surface area contributed by atoms with E-state index in [1.54, 1.807) is 0 Å². The molecule has 16 heavy (non-hydrogen) atoms. The van der Waals surface area contributed by atoms with Gasteiger partial charge in [0.25, 0.3) is 0 Å². The summed E-state index contributed by atoms with van der Waals surface area (Å²) < 4.78 is 6.47. The first-order valence-corrected chi connectivity index (χ1v) is 6.41. The van der Waals surface area contributed by atoms with Gasteiger partial charge < -0.3 is 15.8 Å². The summed E-state index contributed by atoms with van der Waals surface area (Å²) in [6.45, 7) is 2.75. The molecule has 1 aliphatic heterocycles. The molecule has 1 aromatic carbocycles. The van der Waals surface area contributed by atoms with Gasteiger partial charge in [0.15, 0.2) is 0 Å². The number of nitrogens with one attached hydrogen (secondary N) is 1. The number of halogens is 1. The number of benzene rings is 1. The molecule has 1 saturated heterocycles. The van der Waals surface area contributed by atoms with Crippen LogP contribution in [-0.4, -0.2) is 19.8 Å². The Kier molecular flexibility index (Phi) is 4.07. The molecule has 0 amide bonds. The molecule has 1 unspecified atom stereocenters. The largest absolute Gasteiger partial charge is 0.399 e. The molecule has 88 valence electrons. The van der Waals surface area contributed by atoms with E-state index in [1.807, 2.05) is 18.2 Å². The van der Waals surface area contributed by atoms with Crippen LogP contribution >= 0.6 is 15.9 Å². The van der Waals surface area contributed by atoms with Crippen molar-refractivity contribution in [1.29, 1.82) is 0 Å². The van der Waals surface area contributed by atoms with Crippen LogP contribution in [0.2, 0.25) is 0 Å². The van der Waals surface area contributed by atoms with E-state index in [4.69, 9.17) is 10.5 Å². The van der Waals surface area contributed by atoms with E-state index in [0.717, 1.165) is 35.6 Å². The number of rotatable bonds is 3. The topological polar surface area (TPSA) is 47.3 Å². The first-order valence-electron chi connectivity index (χ1n) is 5.62. The molecule has 1 aliphatic rings. The van der Waals surface area contributed by atoms with Crippen molar-refractivity contribution in [3.05, 3.63) is 22.7 Å². The maximum atomic E-state index is 5.69. The fraction of sp³-hybridized carbons (Fsp3) is 0.500. The van der Waals surface area contributed by atoms with Crippen LogP contribution in [0.4, 0.5) is 11.4 Å². The Labute approximate surface area is 104 Å². The summed E-state index contributed by atoms with van der Waals surface area (Å²) in [5, 5.41) is 3.43. The van der Waals surface area contributed by atoms with E-state index in [9.17, 15) is 0 Å². The van der Waals surface area contributed by atoms with Gasteiger partial charge in [0, 0.05) is 29.0 Å². The van der Waals surface area contributed by atoms with Gasteiger partial charge in [-0.15, -0.1) is 0 Å². The molecule has 0 saturated carbocycles. The zero-order valence-electron chi connectivity index (χ0n) is 9.21. The first-order chi connectivity index (χ1) is 7.75. The zero-order chi connectivity index (χ0) is 11.4. The van der Waals surface area contributed by atoms with Gasteiger partial charge >= 0.3 is 0 Å². The zero-order valence-corrected chi connectivity index (χ0v) is 10.8. The second kappa shape index (κ2) is 5.55. The third-order valence-corrected chi connectivity index (χ3v) is 3.49. The minimum Gasteiger partial charge on any atom is -0.399 e. The normalized spacial score (nSPS) is 20.7. The van der Waals surface area contributed by atoms with E-state index < -0.39 is 0 Å². The third kappa shape index (κ3) is 3.12. The number of nitrogen functional groups attached to an aromatic ring is 1. The summed E-state index contributed by atoms with van der Waals surface area (Å²) in [4.78, 5) is 0. The average molecular weight is 285 g/mol. The Bertz CT molecular complexity index is 351. The number of anilines is 2. The molecule has 0 spiro atoms. The Morgan fingerprint density at radius 3 is 3.06 bits per heavy atom. The van der Waals surface area contributed by atoms with Gasteiger partial charge in [-0.25, -0.2) is 0 Å². The monoisotopic (exact) mass is 284 g/mol. The predicted molar refractivity (Wildman–Crippen MR) is 70.6 cm³/mol. The highest BCUT2D eigenvalue weighted by Crippen LogP contribution is 2.25. The molecule has 3 nitrogen and oxygen atoms in total. The van der Waals surface area contributed by atoms with Gasteiger partial charge in [-0.2, -0.15) is 0 Å². The van der Waals surface area contributed by atoms with E-state index in [1.165, 1.54) is 12.8 Å². The molecule has 0 bridgehead atoms. The maximum absolute atomic E-state index is 5.69. The number of hydrogen-bond acceptors (Lipinski definition) is 3. The highest BCUT2D eigenvalue weighted by Gasteiger charge is 2.13. The van der Waals surface area contributed by atoms with Crippen molar-refractivity contribution in [3.8, 4) is 0 Å². The second-order valence-electron chi connectivity index (χ2n) is 4.20. The highest BCUT2D eigenvalue weighted by atomic mass is 79.9. The van der Waals surface area contributed by atoms with E-state index in [0.29, 0.717) is 5.92 Å². The van der Waals surface area contributed by atoms with Gasteiger partial charge in [-0.1, -0.05) is 0 Å². The van der Waals surface area contributed by atoms with Crippen molar-refractivity contribution in [2.75, 3.05) is 30.8 Å². The number of nitrogens with two attached hydrogens (primary N) is 1. The quantitative estimate of drug-likeness (QED) is 0.839. The first kappa shape index (κ1) is 11.7. The molecule has 1 heterocycles. The van der Waals surface area contributed by atoms with Crippen LogP contribution in [0.15, 0.2) is 22.7 Å². The summed E-state index contributed by atoms with van der Waals surface area (Å²) in [6.07, 6.45) is 2.43. The van der Waals surface area contributed by atoms with Crippen LogP contribution in [0, 0.1) is 5.92 Å². The molecule has 1 aromatic rings. The summed E-state index contributed by atoms with van der Waals surface area (Å²) >= 11 is 3.50. The predicted octanol–water partition coefficient (Wildman–Crippen LogP) is 2.87. The lowest BCUT2D eigenvalue weighted by atomic mass is 10.0. The summed E-state index contributed by atoms with van der Waals surface area (Å²) in [5.41, 5.74) is 7.56. The van der Waals surface area contributed by atoms with Crippen molar-refractivity contribution < 1.29 is 4.74 Å². The Balaban J connectivity index is 1.88. The summed E-state index contributed by atoms with van der Waals surface area (Å²) in [6, 6.07) is 5.83. The highest BCUT2D eigenvalue weighted by molar-refractivity contribution is 9.10. The lowest BCUT2D eigenvalue weighted by Gasteiger charge is -2.23. The fourth-order valence-corrected chi connectivity index (χ4v) is 2.43. The maximum Gasteiger partial charge on any atom is 0.0511 e. The molecule has 2 rings (SSSR count). The van der Waals surface area contributed by atoms with Gasteiger partial charge in [0.2, 0.25) is 0 Å².